The number of nitrogens with one attached hydrogen (secondary N) is 2. The fraction of sp³-hybridized carbons (Fsp3) is 0.0526. The minimum absolute atomic E-state index is 0.0257. The van der Waals surface area contributed by atoms with Crippen LogP contribution in [0.2, 0.25) is 5.02 Å². The lowest BCUT2D eigenvalue weighted by atomic mass is 10.2. The summed E-state index contributed by atoms with van der Waals surface area (Å²) in [7, 11) is -3.81. The van der Waals surface area contributed by atoms with E-state index in [0.717, 1.165) is 5.56 Å². The van der Waals surface area contributed by atoms with Crippen LogP contribution in [0.5, 0.6) is 0 Å². The van der Waals surface area contributed by atoms with Crippen molar-refractivity contribution in [2.45, 2.75) is 11.8 Å². The molecular formula is C19H16ClN3O4S. The summed E-state index contributed by atoms with van der Waals surface area (Å²) in [5.41, 5.74) is 1.17. The molecular weight excluding hydrogens is 402 g/mol. The summed E-state index contributed by atoms with van der Waals surface area (Å²) in [6.07, 6.45) is 2.95. The van der Waals surface area contributed by atoms with Gasteiger partial charge in [-0.1, -0.05) is 35.0 Å². The van der Waals surface area contributed by atoms with Gasteiger partial charge in [0.15, 0.2) is 5.82 Å². The topological polar surface area (TPSA) is 101 Å². The molecule has 9 heteroatoms. The van der Waals surface area contributed by atoms with E-state index in [1.807, 2.05) is 6.07 Å². The zero-order valence-electron chi connectivity index (χ0n) is 14.7. The molecule has 7 nitrogen and oxygen atoms in total. The summed E-state index contributed by atoms with van der Waals surface area (Å²) in [4.78, 5) is 12.1. The highest BCUT2D eigenvalue weighted by Crippen LogP contribution is 2.19. The van der Waals surface area contributed by atoms with Crippen molar-refractivity contribution in [1.29, 1.82) is 0 Å². The van der Waals surface area contributed by atoms with Crippen molar-refractivity contribution in [3.63, 3.8) is 0 Å². The van der Waals surface area contributed by atoms with Crippen LogP contribution < -0.4 is 10.0 Å². The molecule has 0 aliphatic rings. The SMILES string of the molecule is Cc1cc(NS(=O)(=O)c2ccc(NC(=O)/C=C/c3ccccc3Cl)cc2)no1. The zero-order valence-corrected chi connectivity index (χ0v) is 16.3. The second-order valence-corrected chi connectivity index (χ2v) is 7.89. The Morgan fingerprint density at radius 3 is 2.50 bits per heavy atom. The molecule has 28 heavy (non-hydrogen) atoms. The maximum atomic E-state index is 12.3. The molecule has 2 N–H and O–H groups in total. The zero-order chi connectivity index (χ0) is 20.1. The van der Waals surface area contributed by atoms with Crippen LogP contribution in [0.3, 0.4) is 0 Å². The van der Waals surface area contributed by atoms with Gasteiger partial charge in [-0.25, -0.2) is 8.42 Å². The average Bonchev–Trinajstić information content (AvgIpc) is 3.05. The quantitative estimate of drug-likeness (QED) is 0.588. The molecule has 0 aliphatic heterocycles. The van der Waals surface area contributed by atoms with Crippen molar-refractivity contribution in [3.05, 3.63) is 77.0 Å². The summed E-state index contributed by atoms with van der Waals surface area (Å²) < 4.78 is 31.8. The van der Waals surface area contributed by atoms with Crippen LogP contribution in [0.1, 0.15) is 11.3 Å². The van der Waals surface area contributed by atoms with Gasteiger partial charge in [-0.3, -0.25) is 9.52 Å². The fourth-order valence-electron chi connectivity index (χ4n) is 2.29. The lowest BCUT2D eigenvalue weighted by Crippen LogP contribution is -2.13. The molecule has 3 aromatic rings. The van der Waals surface area contributed by atoms with E-state index < -0.39 is 10.0 Å². The van der Waals surface area contributed by atoms with Crippen LogP contribution in [0, 0.1) is 6.92 Å². The minimum atomic E-state index is -3.81. The molecule has 0 aliphatic carbocycles. The molecule has 0 unspecified atom stereocenters. The van der Waals surface area contributed by atoms with E-state index in [4.69, 9.17) is 16.1 Å². The van der Waals surface area contributed by atoms with Crippen molar-refractivity contribution >= 4 is 45.1 Å². The van der Waals surface area contributed by atoms with Crippen LogP contribution in [-0.2, 0) is 14.8 Å². The number of sulfonamides is 1. The van der Waals surface area contributed by atoms with Gasteiger partial charge in [-0.05, 0) is 48.9 Å². The number of carbonyl (C=O) groups excluding carboxylic acids is 1. The van der Waals surface area contributed by atoms with Gasteiger partial charge in [-0.2, -0.15) is 0 Å². The molecule has 1 heterocycles. The summed E-state index contributed by atoms with van der Waals surface area (Å²) in [6, 6.07) is 14.3. The van der Waals surface area contributed by atoms with Gasteiger partial charge in [0.05, 0.1) is 4.90 Å². The Morgan fingerprint density at radius 2 is 1.86 bits per heavy atom. The standard InChI is InChI=1S/C19H16ClN3O4S/c1-13-12-18(22-27-13)23-28(25,26)16-9-7-15(8-10-16)21-19(24)11-6-14-4-2-3-5-17(14)20/h2-12H,1H3,(H,21,24)(H,22,23)/b11-6+. The number of benzene rings is 2. The second kappa shape index (κ2) is 8.28. The average molecular weight is 418 g/mol. The van der Waals surface area contributed by atoms with Crippen LogP contribution >= 0.6 is 11.6 Å². The molecule has 0 fully saturated rings. The van der Waals surface area contributed by atoms with E-state index in [0.29, 0.717) is 16.5 Å². The molecule has 3 rings (SSSR count). The first kappa shape index (κ1) is 19.7. The number of hydrogen-bond acceptors (Lipinski definition) is 5. The predicted molar refractivity (Wildman–Crippen MR) is 108 cm³/mol. The molecule has 0 bridgehead atoms. The van der Waals surface area contributed by atoms with Crippen molar-refractivity contribution < 1.29 is 17.7 Å². The number of carbonyl (C=O) groups is 1. The Kier molecular flexibility index (Phi) is 5.81. The first-order valence-electron chi connectivity index (χ1n) is 8.13. The van der Waals surface area contributed by atoms with E-state index in [1.54, 1.807) is 31.2 Å². The van der Waals surface area contributed by atoms with Gasteiger partial charge in [0.2, 0.25) is 5.91 Å². The number of aromatic nitrogens is 1. The highest BCUT2D eigenvalue weighted by atomic mass is 35.5. The van der Waals surface area contributed by atoms with E-state index >= 15 is 0 Å². The maximum absolute atomic E-state index is 12.3. The van der Waals surface area contributed by atoms with Crippen LogP contribution in [-0.4, -0.2) is 19.5 Å². The van der Waals surface area contributed by atoms with Gasteiger partial charge in [-0.15, -0.1) is 0 Å². The molecule has 0 atom stereocenters. The number of rotatable bonds is 6. The van der Waals surface area contributed by atoms with E-state index in [9.17, 15) is 13.2 Å². The third-order valence-electron chi connectivity index (χ3n) is 3.62. The molecule has 0 radical (unpaired) electrons. The molecule has 0 spiro atoms. The molecule has 0 saturated carbocycles. The van der Waals surface area contributed by atoms with Crippen molar-refractivity contribution in [2.24, 2.45) is 0 Å². The number of hydrogen-bond donors (Lipinski definition) is 2. The number of amides is 1. The predicted octanol–water partition coefficient (Wildman–Crippen LogP) is 4.09. The highest BCUT2D eigenvalue weighted by Gasteiger charge is 2.16. The molecule has 144 valence electrons. The summed E-state index contributed by atoms with van der Waals surface area (Å²) in [5, 5.41) is 6.79. The Balaban J connectivity index is 1.65. The van der Waals surface area contributed by atoms with Crippen molar-refractivity contribution in [3.8, 4) is 0 Å². The largest absolute Gasteiger partial charge is 0.360 e. The summed E-state index contributed by atoms with van der Waals surface area (Å²) in [6.45, 7) is 1.66. The second-order valence-electron chi connectivity index (χ2n) is 5.80. The monoisotopic (exact) mass is 417 g/mol. The summed E-state index contributed by atoms with van der Waals surface area (Å²) >= 11 is 6.03. The molecule has 1 aromatic heterocycles. The number of halogens is 1. The lowest BCUT2D eigenvalue weighted by molar-refractivity contribution is -0.111. The number of aryl methyl sites for hydroxylation is 1. The maximum Gasteiger partial charge on any atom is 0.263 e. The summed E-state index contributed by atoms with van der Waals surface area (Å²) in [5.74, 6) is 0.215. The minimum Gasteiger partial charge on any atom is -0.360 e. The van der Waals surface area contributed by atoms with Crippen LogP contribution in [0.15, 0.2) is 70.1 Å². The van der Waals surface area contributed by atoms with Crippen LogP contribution in [0.4, 0.5) is 11.5 Å². The van der Waals surface area contributed by atoms with E-state index in [1.165, 1.54) is 36.4 Å². The third kappa shape index (κ3) is 4.99. The highest BCUT2D eigenvalue weighted by molar-refractivity contribution is 7.92. The molecule has 2 aromatic carbocycles. The Morgan fingerprint density at radius 1 is 1.14 bits per heavy atom. The fourth-order valence-corrected chi connectivity index (χ4v) is 3.47. The normalized spacial score (nSPS) is 11.5. The third-order valence-corrected chi connectivity index (χ3v) is 5.33. The first-order chi connectivity index (χ1) is 13.3. The van der Waals surface area contributed by atoms with Crippen molar-refractivity contribution in [1.82, 2.24) is 5.16 Å². The Hall–Kier alpha value is -3.10. The van der Waals surface area contributed by atoms with Crippen molar-refractivity contribution in [2.75, 3.05) is 10.0 Å². The molecule has 1 amide bonds. The first-order valence-corrected chi connectivity index (χ1v) is 9.99. The van der Waals surface area contributed by atoms with Gasteiger partial charge in [0, 0.05) is 22.9 Å². The lowest BCUT2D eigenvalue weighted by Gasteiger charge is -2.07. The van der Waals surface area contributed by atoms with Gasteiger partial charge < -0.3 is 9.84 Å². The van der Waals surface area contributed by atoms with E-state index in [-0.39, 0.29) is 16.6 Å². The molecule has 0 saturated heterocycles. The van der Waals surface area contributed by atoms with Gasteiger partial charge in [0.25, 0.3) is 10.0 Å². The van der Waals surface area contributed by atoms with Crippen LogP contribution in [0.25, 0.3) is 6.08 Å². The van der Waals surface area contributed by atoms with Gasteiger partial charge >= 0.3 is 0 Å². The van der Waals surface area contributed by atoms with E-state index in [2.05, 4.69) is 15.2 Å². The number of nitrogens with zero attached hydrogens (tertiary/aromatic N) is 1. The Labute approximate surface area is 167 Å². The number of anilines is 2. The Bertz CT molecular complexity index is 1120. The van der Waals surface area contributed by atoms with Gasteiger partial charge in [0.1, 0.15) is 5.76 Å². The smallest absolute Gasteiger partial charge is 0.263 e.